The summed E-state index contributed by atoms with van der Waals surface area (Å²) >= 11 is 0. The average molecular weight is 149 g/mol. The van der Waals surface area contributed by atoms with Gasteiger partial charge in [-0.1, -0.05) is 0 Å². The zero-order valence-electron chi connectivity index (χ0n) is 6.46. The molecular formula is C8H11N3. The van der Waals surface area contributed by atoms with Crippen molar-refractivity contribution in [3.05, 3.63) is 29.2 Å². The van der Waals surface area contributed by atoms with Crippen molar-refractivity contribution < 1.29 is 0 Å². The first-order valence-electron chi connectivity index (χ1n) is 3.65. The molecule has 0 aromatic carbocycles. The second-order valence-corrected chi connectivity index (χ2v) is 2.80. The van der Waals surface area contributed by atoms with Gasteiger partial charge in [-0.2, -0.15) is 0 Å². The number of hydrogen-bond acceptors (Lipinski definition) is 2. The Kier molecular flexibility index (Phi) is 1.18. The minimum absolute atomic E-state index is 0.891. The van der Waals surface area contributed by atoms with Crippen molar-refractivity contribution in [3.63, 3.8) is 0 Å². The molecule has 0 saturated carbocycles. The number of nitrogen functional groups attached to an aromatic ring is 1. The zero-order chi connectivity index (χ0) is 7.84. The molecule has 0 fully saturated rings. The summed E-state index contributed by atoms with van der Waals surface area (Å²) in [6, 6.07) is 0. The Labute approximate surface area is 65.5 Å². The molecule has 1 aliphatic rings. The van der Waals surface area contributed by atoms with E-state index in [4.69, 9.17) is 5.84 Å². The van der Waals surface area contributed by atoms with Gasteiger partial charge in [0.1, 0.15) is 0 Å². The van der Waals surface area contributed by atoms with Gasteiger partial charge in [-0.05, 0) is 24.8 Å². The molecule has 0 bridgehead atoms. The molecule has 0 saturated heterocycles. The molecule has 1 aromatic rings. The van der Waals surface area contributed by atoms with E-state index in [2.05, 4.69) is 12.2 Å². The van der Waals surface area contributed by atoms with E-state index >= 15 is 0 Å². The fraction of sp³-hybridized carbons (Fsp3) is 0.250. The van der Waals surface area contributed by atoms with Crippen LogP contribution in [0.3, 0.4) is 0 Å². The van der Waals surface area contributed by atoms with Crippen LogP contribution in [-0.4, -0.2) is 4.68 Å². The van der Waals surface area contributed by atoms with Gasteiger partial charge in [0.25, 0.3) is 0 Å². The van der Waals surface area contributed by atoms with Crippen molar-refractivity contribution >= 4 is 6.08 Å². The zero-order valence-corrected chi connectivity index (χ0v) is 6.46. The van der Waals surface area contributed by atoms with Crippen molar-refractivity contribution in [2.75, 3.05) is 5.84 Å². The van der Waals surface area contributed by atoms with Crippen LogP contribution in [0, 0.1) is 6.92 Å². The molecule has 3 nitrogen and oxygen atoms in total. The average Bonchev–Trinajstić information content (AvgIpc) is 2.30. The summed E-state index contributed by atoms with van der Waals surface area (Å²) in [5.41, 5.74) is 3.66. The van der Waals surface area contributed by atoms with Gasteiger partial charge in [0.05, 0.1) is 5.69 Å². The molecule has 3 heteroatoms. The van der Waals surface area contributed by atoms with Crippen LogP contribution in [0.5, 0.6) is 0 Å². The third-order valence-corrected chi connectivity index (χ3v) is 2.03. The molecule has 2 rings (SSSR count). The number of hydrogen-bond donors (Lipinski definition) is 2. The molecule has 1 aromatic heterocycles. The summed E-state index contributed by atoms with van der Waals surface area (Å²) < 4.78 is 1.67. The summed E-state index contributed by atoms with van der Waals surface area (Å²) in [5.74, 6) is 5.70. The third kappa shape index (κ3) is 0.808. The number of aromatic nitrogens is 1. The first-order valence-corrected chi connectivity index (χ1v) is 3.65. The smallest absolute Gasteiger partial charge is 0.0684 e. The maximum absolute atomic E-state index is 5.70. The molecule has 0 spiro atoms. The maximum Gasteiger partial charge on any atom is 0.0684 e. The molecule has 58 valence electrons. The van der Waals surface area contributed by atoms with Crippen molar-refractivity contribution in [1.82, 2.24) is 9.99 Å². The first kappa shape index (κ1) is 6.34. The van der Waals surface area contributed by atoms with E-state index in [-0.39, 0.29) is 0 Å². The minimum Gasteiger partial charge on any atom is -0.387 e. The van der Waals surface area contributed by atoms with E-state index in [1.54, 1.807) is 4.68 Å². The number of aryl methyl sites for hydroxylation is 1. The summed E-state index contributed by atoms with van der Waals surface area (Å²) in [7, 11) is 0. The van der Waals surface area contributed by atoms with Crippen LogP contribution >= 0.6 is 0 Å². The highest BCUT2D eigenvalue weighted by molar-refractivity contribution is 5.55. The van der Waals surface area contributed by atoms with Crippen LogP contribution in [0.1, 0.15) is 16.8 Å². The van der Waals surface area contributed by atoms with Crippen molar-refractivity contribution in [3.8, 4) is 0 Å². The molecule has 0 aliphatic carbocycles. The van der Waals surface area contributed by atoms with Gasteiger partial charge in [-0.3, -0.25) is 4.68 Å². The van der Waals surface area contributed by atoms with Gasteiger partial charge in [0.2, 0.25) is 0 Å². The monoisotopic (exact) mass is 149 g/mol. The molecule has 2 heterocycles. The lowest BCUT2D eigenvalue weighted by atomic mass is 10.1. The Hall–Kier alpha value is -1.38. The Balaban J connectivity index is 2.63. The molecule has 0 unspecified atom stereocenters. The number of rotatable bonds is 0. The van der Waals surface area contributed by atoms with E-state index in [1.807, 2.05) is 18.5 Å². The van der Waals surface area contributed by atoms with Gasteiger partial charge in [-0.25, -0.2) is 0 Å². The van der Waals surface area contributed by atoms with Crippen LogP contribution in [0.4, 0.5) is 0 Å². The predicted molar refractivity (Wildman–Crippen MR) is 45.2 cm³/mol. The third-order valence-electron chi connectivity index (χ3n) is 2.03. The molecule has 0 radical (unpaired) electrons. The van der Waals surface area contributed by atoms with Gasteiger partial charge < -0.3 is 11.2 Å². The summed E-state index contributed by atoms with van der Waals surface area (Å²) in [5, 5.41) is 3.15. The molecule has 3 N–H and O–H groups in total. The molecule has 0 atom stereocenters. The SMILES string of the molecule is Cc1cn(N)c2c1CNC=C2. The Morgan fingerprint density at radius 2 is 2.45 bits per heavy atom. The molecular weight excluding hydrogens is 138 g/mol. The number of nitrogens with two attached hydrogens (primary N) is 1. The quantitative estimate of drug-likeness (QED) is 0.530. The predicted octanol–water partition coefficient (Wildman–Crippen LogP) is 0.584. The van der Waals surface area contributed by atoms with E-state index in [9.17, 15) is 0 Å². The first-order chi connectivity index (χ1) is 5.29. The lowest BCUT2D eigenvalue weighted by Crippen LogP contribution is -2.14. The van der Waals surface area contributed by atoms with Crippen LogP contribution in [0.25, 0.3) is 6.08 Å². The maximum atomic E-state index is 5.70. The highest BCUT2D eigenvalue weighted by Gasteiger charge is 2.10. The standard InChI is InChI=1S/C8H11N3/c1-6-5-11(9)8-2-3-10-4-7(6)8/h2-3,5,10H,4,9H2,1H3. The summed E-state index contributed by atoms with van der Waals surface area (Å²) in [4.78, 5) is 0. The Morgan fingerprint density at radius 3 is 3.18 bits per heavy atom. The Bertz CT molecular complexity index is 309. The van der Waals surface area contributed by atoms with Crippen molar-refractivity contribution in [1.29, 1.82) is 0 Å². The fourth-order valence-corrected chi connectivity index (χ4v) is 1.43. The van der Waals surface area contributed by atoms with Gasteiger partial charge in [0, 0.05) is 18.3 Å². The second kappa shape index (κ2) is 2.05. The van der Waals surface area contributed by atoms with Crippen LogP contribution < -0.4 is 11.2 Å². The normalized spacial score (nSPS) is 14.3. The van der Waals surface area contributed by atoms with E-state index in [0.717, 1.165) is 12.2 Å². The highest BCUT2D eigenvalue weighted by Crippen LogP contribution is 2.18. The van der Waals surface area contributed by atoms with Gasteiger partial charge in [0.15, 0.2) is 0 Å². The lowest BCUT2D eigenvalue weighted by Gasteiger charge is -2.09. The number of nitrogens with zero attached hydrogens (tertiary/aromatic N) is 1. The summed E-state index contributed by atoms with van der Waals surface area (Å²) in [6.07, 6.45) is 5.86. The van der Waals surface area contributed by atoms with Crippen LogP contribution in [0.15, 0.2) is 12.4 Å². The fourth-order valence-electron chi connectivity index (χ4n) is 1.43. The second-order valence-electron chi connectivity index (χ2n) is 2.80. The lowest BCUT2D eigenvalue weighted by molar-refractivity contribution is 0.842. The minimum atomic E-state index is 0.891. The Morgan fingerprint density at radius 1 is 1.64 bits per heavy atom. The molecule has 1 aliphatic heterocycles. The molecule has 0 amide bonds. The van der Waals surface area contributed by atoms with Crippen LogP contribution in [0.2, 0.25) is 0 Å². The summed E-state index contributed by atoms with van der Waals surface area (Å²) in [6.45, 7) is 2.96. The van der Waals surface area contributed by atoms with Crippen molar-refractivity contribution in [2.45, 2.75) is 13.5 Å². The van der Waals surface area contributed by atoms with Gasteiger partial charge in [-0.15, -0.1) is 0 Å². The largest absolute Gasteiger partial charge is 0.387 e. The molecule has 11 heavy (non-hydrogen) atoms. The number of nitrogens with one attached hydrogen (secondary N) is 1. The van der Waals surface area contributed by atoms with Crippen molar-refractivity contribution in [2.24, 2.45) is 0 Å². The topological polar surface area (TPSA) is 43.0 Å². The highest BCUT2D eigenvalue weighted by atomic mass is 15.3. The van der Waals surface area contributed by atoms with Gasteiger partial charge >= 0.3 is 0 Å². The van der Waals surface area contributed by atoms with E-state index in [0.29, 0.717) is 0 Å². The van der Waals surface area contributed by atoms with E-state index < -0.39 is 0 Å². The number of fused-ring (bicyclic) bond motifs is 1. The van der Waals surface area contributed by atoms with E-state index in [1.165, 1.54) is 11.1 Å². The van der Waals surface area contributed by atoms with Crippen LogP contribution in [-0.2, 0) is 6.54 Å².